The fourth-order valence-corrected chi connectivity index (χ4v) is 1.60. The first-order chi connectivity index (χ1) is 5.04. The van der Waals surface area contributed by atoms with Crippen LogP contribution in [0.1, 0.15) is 27.2 Å². The van der Waals surface area contributed by atoms with Crippen LogP contribution in [-0.2, 0) is 0 Å². The normalized spacial score (nSPS) is 16.9. The van der Waals surface area contributed by atoms with Crippen molar-refractivity contribution >= 4 is 0 Å². The van der Waals surface area contributed by atoms with Crippen LogP contribution in [0.15, 0.2) is 0 Å². The Morgan fingerprint density at radius 3 is 2.27 bits per heavy atom. The standard InChI is InChI=1S/C9H21NO/c1-8(2)5-9(3,7-11)6-10-4/h8,10-11H,5-7H2,1-4H3. The van der Waals surface area contributed by atoms with Crippen LogP contribution in [0.2, 0.25) is 0 Å². The maximum Gasteiger partial charge on any atom is 0.0497 e. The maximum atomic E-state index is 9.13. The van der Waals surface area contributed by atoms with Gasteiger partial charge in [-0.1, -0.05) is 20.8 Å². The molecule has 68 valence electrons. The third kappa shape index (κ3) is 4.38. The zero-order valence-corrected chi connectivity index (χ0v) is 8.15. The van der Waals surface area contributed by atoms with Crippen molar-refractivity contribution in [1.82, 2.24) is 5.32 Å². The number of aliphatic hydroxyl groups is 1. The topological polar surface area (TPSA) is 32.3 Å². The average Bonchev–Trinajstić information content (AvgIpc) is 1.87. The highest BCUT2D eigenvalue weighted by atomic mass is 16.3. The van der Waals surface area contributed by atoms with Gasteiger partial charge in [-0.05, 0) is 19.4 Å². The van der Waals surface area contributed by atoms with E-state index >= 15 is 0 Å². The van der Waals surface area contributed by atoms with Crippen molar-refractivity contribution < 1.29 is 5.11 Å². The van der Waals surface area contributed by atoms with E-state index in [2.05, 4.69) is 26.1 Å². The molecule has 0 aromatic rings. The van der Waals surface area contributed by atoms with Gasteiger partial charge in [-0.2, -0.15) is 0 Å². The second-order valence-electron chi connectivity index (χ2n) is 4.10. The molecule has 0 saturated heterocycles. The summed E-state index contributed by atoms with van der Waals surface area (Å²) in [6.45, 7) is 7.64. The molecular formula is C9H21NO. The maximum absolute atomic E-state index is 9.13. The Morgan fingerprint density at radius 2 is 2.00 bits per heavy atom. The molecule has 2 N–H and O–H groups in total. The molecule has 0 radical (unpaired) electrons. The van der Waals surface area contributed by atoms with Crippen molar-refractivity contribution in [2.75, 3.05) is 20.2 Å². The molecule has 0 saturated carbocycles. The summed E-state index contributed by atoms with van der Waals surface area (Å²) in [5.74, 6) is 0.653. The van der Waals surface area contributed by atoms with E-state index in [-0.39, 0.29) is 12.0 Å². The Kier molecular flexibility index (Phi) is 4.69. The zero-order valence-electron chi connectivity index (χ0n) is 8.15. The minimum atomic E-state index is 0.0584. The van der Waals surface area contributed by atoms with E-state index in [1.807, 2.05) is 7.05 Å². The van der Waals surface area contributed by atoms with E-state index in [0.29, 0.717) is 5.92 Å². The first-order valence-electron chi connectivity index (χ1n) is 4.29. The van der Waals surface area contributed by atoms with Crippen LogP contribution in [0.5, 0.6) is 0 Å². The summed E-state index contributed by atoms with van der Waals surface area (Å²) in [6.07, 6.45) is 1.07. The molecule has 2 heteroatoms. The van der Waals surface area contributed by atoms with Crippen molar-refractivity contribution in [3.05, 3.63) is 0 Å². The van der Waals surface area contributed by atoms with Gasteiger partial charge in [-0.15, -0.1) is 0 Å². The van der Waals surface area contributed by atoms with Crippen molar-refractivity contribution in [3.8, 4) is 0 Å². The molecule has 0 amide bonds. The fraction of sp³-hybridized carbons (Fsp3) is 1.00. The molecule has 11 heavy (non-hydrogen) atoms. The number of hydrogen-bond donors (Lipinski definition) is 2. The van der Waals surface area contributed by atoms with Crippen LogP contribution in [0.3, 0.4) is 0 Å². The average molecular weight is 159 g/mol. The van der Waals surface area contributed by atoms with E-state index in [9.17, 15) is 0 Å². The third-order valence-electron chi connectivity index (χ3n) is 1.89. The van der Waals surface area contributed by atoms with Gasteiger partial charge in [0.1, 0.15) is 0 Å². The summed E-state index contributed by atoms with van der Waals surface area (Å²) >= 11 is 0. The molecule has 0 rings (SSSR count). The van der Waals surface area contributed by atoms with Gasteiger partial charge in [0, 0.05) is 18.6 Å². The largest absolute Gasteiger partial charge is 0.396 e. The van der Waals surface area contributed by atoms with E-state index in [1.54, 1.807) is 0 Å². The Labute approximate surface area is 70.0 Å². The lowest BCUT2D eigenvalue weighted by Crippen LogP contribution is -2.34. The third-order valence-corrected chi connectivity index (χ3v) is 1.89. The molecule has 0 aliphatic rings. The molecular weight excluding hydrogens is 138 g/mol. The highest BCUT2D eigenvalue weighted by Gasteiger charge is 2.23. The van der Waals surface area contributed by atoms with Gasteiger partial charge in [-0.3, -0.25) is 0 Å². The predicted molar refractivity (Wildman–Crippen MR) is 48.6 cm³/mol. The van der Waals surface area contributed by atoms with Crippen LogP contribution >= 0.6 is 0 Å². The molecule has 0 fully saturated rings. The van der Waals surface area contributed by atoms with Gasteiger partial charge in [0.05, 0.1) is 0 Å². The van der Waals surface area contributed by atoms with E-state index in [0.717, 1.165) is 13.0 Å². The van der Waals surface area contributed by atoms with Crippen LogP contribution in [0, 0.1) is 11.3 Å². The van der Waals surface area contributed by atoms with Crippen molar-refractivity contribution in [2.24, 2.45) is 11.3 Å². The minimum Gasteiger partial charge on any atom is -0.396 e. The molecule has 0 aromatic heterocycles. The Balaban J connectivity index is 3.87. The monoisotopic (exact) mass is 159 g/mol. The minimum absolute atomic E-state index is 0.0584. The zero-order chi connectivity index (χ0) is 8.91. The van der Waals surface area contributed by atoms with Gasteiger partial charge in [0.2, 0.25) is 0 Å². The molecule has 1 unspecified atom stereocenters. The summed E-state index contributed by atoms with van der Waals surface area (Å²) in [7, 11) is 1.92. The first kappa shape index (κ1) is 10.9. The van der Waals surface area contributed by atoms with Gasteiger partial charge >= 0.3 is 0 Å². The number of nitrogens with one attached hydrogen (secondary N) is 1. The van der Waals surface area contributed by atoms with Crippen molar-refractivity contribution in [2.45, 2.75) is 27.2 Å². The summed E-state index contributed by atoms with van der Waals surface area (Å²) < 4.78 is 0. The molecule has 0 aromatic carbocycles. The first-order valence-corrected chi connectivity index (χ1v) is 4.29. The van der Waals surface area contributed by atoms with Crippen LogP contribution in [-0.4, -0.2) is 25.3 Å². The fourth-order valence-electron chi connectivity index (χ4n) is 1.60. The quantitative estimate of drug-likeness (QED) is 0.633. The molecule has 0 heterocycles. The van der Waals surface area contributed by atoms with Gasteiger partial charge in [-0.25, -0.2) is 0 Å². The van der Waals surface area contributed by atoms with Gasteiger partial charge < -0.3 is 10.4 Å². The predicted octanol–water partition coefficient (Wildman–Crippen LogP) is 1.25. The second kappa shape index (κ2) is 4.73. The molecule has 1 atom stereocenters. The highest BCUT2D eigenvalue weighted by molar-refractivity contribution is 4.76. The second-order valence-corrected chi connectivity index (χ2v) is 4.10. The summed E-state index contributed by atoms with van der Waals surface area (Å²) in [4.78, 5) is 0. The molecule has 2 nitrogen and oxygen atoms in total. The molecule has 0 spiro atoms. The Bertz CT molecular complexity index is 104. The smallest absolute Gasteiger partial charge is 0.0497 e. The molecule has 0 aliphatic heterocycles. The number of rotatable bonds is 5. The van der Waals surface area contributed by atoms with Crippen LogP contribution in [0.25, 0.3) is 0 Å². The van der Waals surface area contributed by atoms with Crippen molar-refractivity contribution in [1.29, 1.82) is 0 Å². The van der Waals surface area contributed by atoms with Gasteiger partial charge in [0.15, 0.2) is 0 Å². The molecule has 0 aliphatic carbocycles. The van der Waals surface area contributed by atoms with E-state index in [1.165, 1.54) is 0 Å². The number of aliphatic hydroxyl groups excluding tert-OH is 1. The van der Waals surface area contributed by atoms with Crippen molar-refractivity contribution in [3.63, 3.8) is 0 Å². The Morgan fingerprint density at radius 1 is 1.45 bits per heavy atom. The lowest BCUT2D eigenvalue weighted by atomic mass is 9.83. The Hall–Kier alpha value is -0.0800. The lowest BCUT2D eigenvalue weighted by molar-refractivity contribution is 0.119. The molecule has 0 bridgehead atoms. The summed E-state index contributed by atoms with van der Waals surface area (Å²) in [5.41, 5.74) is 0.0584. The van der Waals surface area contributed by atoms with Crippen LogP contribution in [0.4, 0.5) is 0 Å². The van der Waals surface area contributed by atoms with Gasteiger partial charge in [0.25, 0.3) is 0 Å². The van der Waals surface area contributed by atoms with E-state index < -0.39 is 0 Å². The lowest BCUT2D eigenvalue weighted by Gasteiger charge is -2.28. The van der Waals surface area contributed by atoms with Crippen LogP contribution < -0.4 is 5.32 Å². The number of hydrogen-bond acceptors (Lipinski definition) is 2. The summed E-state index contributed by atoms with van der Waals surface area (Å²) in [5, 5.41) is 12.2. The highest BCUT2D eigenvalue weighted by Crippen LogP contribution is 2.24. The van der Waals surface area contributed by atoms with E-state index in [4.69, 9.17) is 5.11 Å². The SMILES string of the molecule is CNCC(C)(CO)CC(C)C. The summed E-state index contributed by atoms with van der Waals surface area (Å²) in [6, 6.07) is 0.